The molecule has 1 atom stereocenters. The average molecular weight is 490 g/mol. The zero-order valence-electron chi connectivity index (χ0n) is 19.1. The molecule has 0 aliphatic rings. The second kappa shape index (κ2) is 13.2. The second-order valence-corrected chi connectivity index (χ2v) is 8.80. The highest BCUT2D eigenvalue weighted by Crippen LogP contribution is 2.14. The Hall–Kier alpha value is -3.77. The minimum atomic E-state index is -0.925. The maximum absolute atomic E-state index is 12.3. The van der Waals surface area contributed by atoms with Crippen molar-refractivity contribution in [1.29, 1.82) is 0 Å². The number of hydrogen-bond acceptors (Lipinski definition) is 6. The molecule has 35 heavy (non-hydrogen) atoms. The SMILES string of the molecule is NC[C@H](NC(=O)c1ccc(C#Cc2ccc(NC(=O)CCCc3cccs3)cc2)cc1)C(=O)CO. The number of aryl methyl sites for hydroxylation is 1. The molecular weight excluding hydrogens is 462 g/mol. The summed E-state index contributed by atoms with van der Waals surface area (Å²) in [7, 11) is 0. The number of aliphatic hydroxyl groups excluding tert-OH is 1. The molecule has 3 rings (SSSR count). The summed E-state index contributed by atoms with van der Waals surface area (Å²) in [6, 6.07) is 17.1. The fourth-order valence-electron chi connectivity index (χ4n) is 3.21. The number of hydrogen-bond donors (Lipinski definition) is 4. The first-order valence-corrected chi connectivity index (χ1v) is 12.1. The van der Waals surface area contributed by atoms with Crippen LogP contribution in [-0.2, 0) is 16.0 Å². The van der Waals surface area contributed by atoms with Gasteiger partial charge in [-0.3, -0.25) is 14.4 Å². The summed E-state index contributed by atoms with van der Waals surface area (Å²) in [6.07, 6.45) is 2.19. The van der Waals surface area contributed by atoms with Crippen molar-refractivity contribution in [1.82, 2.24) is 5.32 Å². The highest BCUT2D eigenvalue weighted by molar-refractivity contribution is 7.09. The number of nitrogens with two attached hydrogens (primary N) is 1. The molecule has 2 aromatic carbocycles. The number of rotatable bonds is 10. The third-order valence-electron chi connectivity index (χ3n) is 5.16. The molecule has 3 aromatic rings. The number of carbonyl (C=O) groups is 3. The Balaban J connectivity index is 1.50. The Kier molecular flexibility index (Phi) is 9.75. The van der Waals surface area contributed by atoms with Gasteiger partial charge in [0.15, 0.2) is 5.78 Å². The van der Waals surface area contributed by atoms with E-state index in [1.54, 1.807) is 35.6 Å². The van der Waals surface area contributed by atoms with Crippen LogP contribution in [0.2, 0.25) is 0 Å². The van der Waals surface area contributed by atoms with Crippen LogP contribution in [0.4, 0.5) is 5.69 Å². The number of benzene rings is 2. The van der Waals surface area contributed by atoms with Gasteiger partial charge in [-0.15, -0.1) is 11.3 Å². The number of carbonyl (C=O) groups excluding carboxylic acids is 3. The van der Waals surface area contributed by atoms with Crippen molar-refractivity contribution < 1.29 is 19.5 Å². The van der Waals surface area contributed by atoms with Gasteiger partial charge in [-0.1, -0.05) is 17.9 Å². The van der Waals surface area contributed by atoms with E-state index in [1.165, 1.54) is 4.88 Å². The van der Waals surface area contributed by atoms with Crippen LogP contribution in [0, 0.1) is 11.8 Å². The van der Waals surface area contributed by atoms with Crippen molar-refractivity contribution in [3.8, 4) is 11.8 Å². The minimum absolute atomic E-state index is 0.0111. The molecule has 0 spiro atoms. The number of aliphatic hydroxyl groups is 1. The Morgan fingerprint density at radius 2 is 1.63 bits per heavy atom. The summed E-state index contributed by atoms with van der Waals surface area (Å²) >= 11 is 1.70. The first kappa shape index (κ1) is 25.8. The molecule has 1 aromatic heterocycles. The van der Waals surface area contributed by atoms with E-state index in [4.69, 9.17) is 10.8 Å². The molecule has 1 heterocycles. The molecule has 0 saturated heterocycles. The zero-order valence-corrected chi connectivity index (χ0v) is 19.9. The van der Waals surface area contributed by atoms with Crippen LogP contribution in [-0.4, -0.2) is 41.9 Å². The van der Waals surface area contributed by atoms with Gasteiger partial charge in [-0.2, -0.15) is 0 Å². The molecule has 0 radical (unpaired) electrons. The first-order valence-electron chi connectivity index (χ1n) is 11.2. The molecule has 0 aliphatic heterocycles. The Labute approximate surface area is 208 Å². The van der Waals surface area contributed by atoms with E-state index in [-0.39, 0.29) is 12.5 Å². The Bertz CT molecular complexity index is 1190. The summed E-state index contributed by atoms with van der Waals surface area (Å²) < 4.78 is 0. The van der Waals surface area contributed by atoms with E-state index in [0.29, 0.717) is 17.5 Å². The third-order valence-corrected chi connectivity index (χ3v) is 6.10. The lowest BCUT2D eigenvalue weighted by Crippen LogP contribution is -2.46. The van der Waals surface area contributed by atoms with E-state index in [1.807, 2.05) is 35.7 Å². The van der Waals surface area contributed by atoms with Gasteiger partial charge < -0.3 is 21.5 Å². The number of thiophene rings is 1. The van der Waals surface area contributed by atoms with Gasteiger partial charge in [0, 0.05) is 40.2 Å². The predicted molar refractivity (Wildman–Crippen MR) is 137 cm³/mol. The number of ketones is 1. The van der Waals surface area contributed by atoms with Crippen molar-refractivity contribution in [2.45, 2.75) is 25.3 Å². The van der Waals surface area contributed by atoms with Crippen LogP contribution >= 0.6 is 11.3 Å². The Morgan fingerprint density at radius 1 is 0.971 bits per heavy atom. The molecular formula is C27H27N3O4S. The molecule has 180 valence electrons. The van der Waals surface area contributed by atoms with Gasteiger partial charge in [0.05, 0.1) is 0 Å². The minimum Gasteiger partial charge on any atom is -0.388 e. The van der Waals surface area contributed by atoms with Gasteiger partial charge in [-0.05, 0) is 72.8 Å². The summed E-state index contributed by atoms with van der Waals surface area (Å²) in [5, 5.41) is 16.4. The number of anilines is 1. The molecule has 0 aliphatic carbocycles. The normalized spacial score (nSPS) is 11.1. The van der Waals surface area contributed by atoms with Crippen molar-refractivity contribution in [2.24, 2.45) is 5.73 Å². The Morgan fingerprint density at radius 3 is 2.20 bits per heavy atom. The lowest BCUT2D eigenvalue weighted by atomic mass is 10.1. The molecule has 2 amide bonds. The van der Waals surface area contributed by atoms with Crippen LogP contribution in [0.3, 0.4) is 0 Å². The van der Waals surface area contributed by atoms with Crippen LogP contribution in [0.5, 0.6) is 0 Å². The standard InChI is InChI=1S/C27H27N3O4S/c28-17-24(25(32)18-31)30-27(34)21-12-8-19(9-13-21)6-7-20-10-14-22(15-11-20)29-26(33)5-1-3-23-4-2-16-35-23/h2,4,8-16,24,31H,1,3,5,17-18,28H2,(H,29,33)(H,30,34)/t24-/m0/s1. The predicted octanol–water partition coefficient (Wildman–Crippen LogP) is 2.73. The third kappa shape index (κ3) is 8.19. The van der Waals surface area contributed by atoms with Gasteiger partial charge >= 0.3 is 0 Å². The van der Waals surface area contributed by atoms with Crippen LogP contribution < -0.4 is 16.4 Å². The molecule has 0 saturated carbocycles. The van der Waals surface area contributed by atoms with E-state index < -0.39 is 24.3 Å². The first-order chi connectivity index (χ1) is 17.0. The van der Waals surface area contributed by atoms with Crippen molar-refractivity contribution in [2.75, 3.05) is 18.5 Å². The lowest BCUT2D eigenvalue weighted by molar-refractivity contribution is -0.123. The summed E-state index contributed by atoms with van der Waals surface area (Å²) in [5.41, 5.74) is 8.06. The molecule has 0 fully saturated rings. The maximum Gasteiger partial charge on any atom is 0.251 e. The quantitative estimate of drug-likeness (QED) is 0.326. The summed E-state index contributed by atoms with van der Waals surface area (Å²) in [5.74, 6) is 5.08. The van der Waals surface area contributed by atoms with Crippen LogP contribution in [0.15, 0.2) is 66.0 Å². The molecule has 0 bridgehead atoms. The van der Waals surface area contributed by atoms with Gasteiger partial charge in [0.1, 0.15) is 12.6 Å². The van der Waals surface area contributed by atoms with Crippen LogP contribution in [0.1, 0.15) is 39.2 Å². The number of amides is 2. The highest BCUT2D eigenvalue weighted by Gasteiger charge is 2.18. The topological polar surface area (TPSA) is 122 Å². The van der Waals surface area contributed by atoms with Crippen molar-refractivity contribution in [3.63, 3.8) is 0 Å². The maximum atomic E-state index is 12.3. The van der Waals surface area contributed by atoms with E-state index in [9.17, 15) is 14.4 Å². The van der Waals surface area contributed by atoms with Crippen molar-refractivity contribution in [3.05, 3.63) is 87.6 Å². The van der Waals surface area contributed by atoms with Crippen molar-refractivity contribution >= 4 is 34.6 Å². The smallest absolute Gasteiger partial charge is 0.251 e. The second-order valence-electron chi connectivity index (χ2n) is 7.77. The number of nitrogens with one attached hydrogen (secondary N) is 2. The highest BCUT2D eigenvalue weighted by atomic mass is 32.1. The summed E-state index contributed by atoms with van der Waals surface area (Å²) in [4.78, 5) is 37.3. The van der Waals surface area contributed by atoms with E-state index in [0.717, 1.165) is 24.1 Å². The van der Waals surface area contributed by atoms with Gasteiger partial charge in [0.2, 0.25) is 5.91 Å². The largest absolute Gasteiger partial charge is 0.388 e. The molecule has 5 N–H and O–H groups in total. The zero-order chi connectivity index (χ0) is 25.0. The van der Waals surface area contributed by atoms with Gasteiger partial charge in [-0.25, -0.2) is 0 Å². The molecule has 7 nitrogen and oxygen atoms in total. The fourth-order valence-corrected chi connectivity index (χ4v) is 3.96. The lowest BCUT2D eigenvalue weighted by Gasteiger charge is -2.14. The van der Waals surface area contributed by atoms with E-state index >= 15 is 0 Å². The van der Waals surface area contributed by atoms with Crippen LogP contribution in [0.25, 0.3) is 0 Å². The molecule has 8 heteroatoms. The monoisotopic (exact) mass is 489 g/mol. The molecule has 0 unspecified atom stereocenters. The average Bonchev–Trinajstić information content (AvgIpc) is 3.40. The van der Waals surface area contributed by atoms with Gasteiger partial charge in [0.25, 0.3) is 5.91 Å². The fraction of sp³-hybridized carbons (Fsp3) is 0.222. The summed E-state index contributed by atoms with van der Waals surface area (Å²) in [6.45, 7) is -0.771. The number of Topliss-reactive ketones (excluding diaryl/α,β-unsaturated/α-hetero) is 1. The van der Waals surface area contributed by atoms with E-state index in [2.05, 4.69) is 28.5 Å².